The molecule has 0 aliphatic rings. The first-order valence-corrected chi connectivity index (χ1v) is 6.29. The highest BCUT2D eigenvalue weighted by atomic mass is 35.5. The normalized spacial score (nSPS) is 12.6. The molecule has 1 N–H and O–H groups in total. The molecule has 2 rings (SSSR count). The molecule has 1 aromatic carbocycles. The van der Waals surface area contributed by atoms with Crippen LogP contribution in [0.1, 0.15) is 24.2 Å². The Morgan fingerprint density at radius 1 is 1.39 bits per heavy atom. The summed E-state index contributed by atoms with van der Waals surface area (Å²) in [6.45, 7) is 2.07. The highest BCUT2D eigenvalue weighted by molar-refractivity contribution is 6.31. The molecular formula is C13H16ClN3O. The number of likely N-dealkylation sites (N-methyl/N-ethyl adjacent to an activating group) is 1. The molecule has 0 fully saturated rings. The Bertz CT molecular complexity index is 512. The van der Waals surface area contributed by atoms with E-state index >= 15 is 0 Å². The van der Waals surface area contributed by atoms with Crippen LogP contribution in [-0.4, -0.2) is 23.2 Å². The second-order valence-electron chi connectivity index (χ2n) is 4.27. The second kappa shape index (κ2) is 5.98. The van der Waals surface area contributed by atoms with Gasteiger partial charge in [-0.2, -0.15) is 4.98 Å². The van der Waals surface area contributed by atoms with E-state index in [4.69, 9.17) is 16.1 Å². The number of benzene rings is 1. The van der Waals surface area contributed by atoms with E-state index in [9.17, 15) is 0 Å². The maximum atomic E-state index is 6.09. The third-order valence-corrected chi connectivity index (χ3v) is 3.16. The summed E-state index contributed by atoms with van der Waals surface area (Å²) in [6.07, 6.45) is 1.32. The van der Waals surface area contributed by atoms with E-state index < -0.39 is 0 Å². The van der Waals surface area contributed by atoms with Crippen molar-refractivity contribution < 1.29 is 4.52 Å². The van der Waals surface area contributed by atoms with Crippen LogP contribution in [0.4, 0.5) is 0 Å². The molecule has 0 aliphatic heterocycles. The molecular weight excluding hydrogens is 250 g/mol. The van der Waals surface area contributed by atoms with Gasteiger partial charge in [0.05, 0.1) is 6.42 Å². The lowest BCUT2D eigenvalue weighted by atomic mass is 10.1. The molecule has 4 nitrogen and oxygen atoms in total. The first-order chi connectivity index (χ1) is 8.69. The summed E-state index contributed by atoms with van der Waals surface area (Å²) in [5.41, 5.74) is 0.996. The molecule has 0 amide bonds. The molecule has 0 radical (unpaired) electrons. The van der Waals surface area contributed by atoms with Crippen LogP contribution in [0.5, 0.6) is 0 Å². The fourth-order valence-electron chi connectivity index (χ4n) is 1.63. The van der Waals surface area contributed by atoms with Crippen molar-refractivity contribution in [2.24, 2.45) is 0 Å². The summed E-state index contributed by atoms with van der Waals surface area (Å²) >= 11 is 6.09. The minimum atomic E-state index is 0.329. The highest BCUT2D eigenvalue weighted by Crippen LogP contribution is 2.18. The second-order valence-corrected chi connectivity index (χ2v) is 4.67. The van der Waals surface area contributed by atoms with Gasteiger partial charge in [0.25, 0.3) is 0 Å². The van der Waals surface area contributed by atoms with Crippen molar-refractivity contribution >= 4 is 11.6 Å². The summed E-state index contributed by atoms with van der Waals surface area (Å²) in [7, 11) is 1.91. The minimum absolute atomic E-state index is 0.329. The van der Waals surface area contributed by atoms with Crippen molar-refractivity contribution in [2.45, 2.75) is 25.8 Å². The zero-order valence-electron chi connectivity index (χ0n) is 10.5. The molecule has 0 aliphatic carbocycles. The molecule has 96 valence electrons. The molecule has 1 atom stereocenters. The van der Waals surface area contributed by atoms with Crippen LogP contribution in [0.25, 0.3) is 0 Å². The number of nitrogens with zero attached hydrogens (tertiary/aromatic N) is 2. The topological polar surface area (TPSA) is 51.0 Å². The lowest BCUT2D eigenvalue weighted by Crippen LogP contribution is -2.24. The summed E-state index contributed by atoms with van der Waals surface area (Å²) in [6, 6.07) is 8.00. The van der Waals surface area contributed by atoms with E-state index in [0.717, 1.165) is 22.8 Å². The Kier molecular flexibility index (Phi) is 4.33. The standard InChI is InChI=1S/C13H16ClN3O/c1-9(15-2)7-12-16-13(18-17-12)8-10-5-3-4-6-11(10)14/h3-6,9,15H,7-8H2,1-2H3. The molecule has 0 saturated carbocycles. The molecule has 0 saturated heterocycles. The SMILES string of the molecule is CNC(C)Cc1noc(Cc2ccccc2Cl)n1. The lowest BCUT2D eigenvalue weighted by Gasteiger charge is -2.04. The average molecular weight is 266 g/mol. The zero-order chi connectivity index (χ0) is 13.0. The van der Waals surface area contributed by atoms with E-state index in [2.05, 4.69) is 22.4 Å². The summed E-state index contributed by atoms with van der Waals surface area (Å²) in [5, 5.41) is 7.82. The fraction of sp³-hybridized carbons (Fsp3) is 0.385. The minimum Gasteiger partial charge on any atom is -0.339 e. The van der Waals surface area contributed by atoms with Crippen LogP contribution in [0, 0.1) is 0 Å². The highest BCUT2D eigenvalue weighted by Gasteiger charge is 2.11. The smallest absolute Gasteiger partial charge is 0.231 e. The van der Waals surface area contributed by atoms with Crippen LogP contribution >= 0.6 is 11.6 Å². The van der Waals surface area contributed by atoms with Gasteiger partial charge >= 0.3 is 0 Å². The van der Waals surface area contributed by atoms with E-state index in [0.29, 0.717) is 18.4 Å². The van der Waals surface area contributed by atoms with Gasteiger partial charge in [-0.3, -0.25) is 0 Å². The predicted octanol–water partition coefficient (Wildman–Crippen LogP) is 2.46. The maximum Gasteiger partial charge on any atom is 0.231 e. The van der Waals surface area contributed by atoms with Gasteiger partial charge in [0.2, 0.25) is 5.89 Å². The van der Waals surface area contributed by atoms with Gasteiger partial charge in [-0.15, -0.1) is 0 Å². The summed E-state index contributed by atoms with van der Waals surface area (Å²) in [4.78, 5) is 4.36. The Morgan fingerprint density at radius 2 is 2.17 bits per heavy atom. The van der Waals surface area contributed by atoms with E-state index in [1.165, 1.54) is 0 Å². The van der Waals surface area contributed by atoms with Gasteiger partial charge in [0.1, 0.15) is 0 Å². The average Bonchev–Trinajstić information content (AvgIpc) is 2.79. The van der Waals surface area contributed by atoms with Gasteiger partial charge in [-0.25, -0.2) is 0 Å². The van der Waals surface area contributed by atoms with Crippen molar-refractivity contribution in [3.63, 3.8) is 0 Å². The molecule has 0 bridgehead atoms. The Labute approximate surface area is 111 Å². The zero-order valence-corrected chi connectivity index (χ0v) is 11.2. The first kappa shape index (κ1) is 13.1. The number of hydrogen-bond acceptors (Lipinski definition) is 4. The lowest BCUT2D eigenvalue weighted by molar-refractivity contribution is 0.377. The van der Waals surface area contributed by atoms with Gasteiger partial charge in [-0.05, 0) is 25.6 Å². The number of aromatic nitrogens is 2. The van der Waals surface area contributed by atoms with E-state index in [1.807, 2.05) is 31.3 Å². The third kappa shape index (κ3) is 3.31. The number of hydrogen-bond donors (Lipinski definition) is 1. The van der Waals surface area contributed by atoms with Gasteiger partial charge in [-0.1, -0.05) is 35.0 Å². The summed E-state index contributed by atoms with van der Waals surface area (Å²) < 4.78 is 5.22. The third-order valence-electron chi connectivity index (χ3n) is 2.79. The molecule has 5 heteroatoms. The van der Waals surface area contributed by atoms with Crippen molar-refractivity contribution in [1.29, 1.82) is 0 Å². The van der Waals surface area contributed by atoms with Crippen LogP contribution in [0.3, 0.4) is 0 Å². The Hall–Kier alpha value is -1.39. The number of halogens is 1. The van der Waals surface area contributed by atoms with Crippen LogP contribution in [-0.2, 0) is 12.8 Å². The fourth-order valence-corrected chi connectivity index (χ4v) is 1.83. The van der Waals surface area contributed by atoms with Crippen LogP contribution in [0.15, 0.2) is 28.8 Å². The Balaban J connectivity index is 2.05. The van der Waals surface area contributed by atoms with Crippen molar-refractivity contribution in [2.75, 3.05) is 7.05 Å². The molecule has 18 heavy (non-hydrogen) atoms. The first-order valence-electron chi connectivity index (χ1n) is 5.91. The van der Waals surface area contributed by atoms with Crippen LogP contribution < -0.4 is 5.32 Å². The quantitative estimate of drug-likeness (QED) is 0.902. The number of rotatable bonds is 5. The monoisotopic (exact) mass is 265 g/mol. The van der Waals surface area contributed by atoms with E-state index in [1.54, 1.807) is 0 Å². The molecule has 1 aromatic heterocycles. The van der Waals surface area contributed by atoms with Crippen LogP contribution in [0.2, 0.25) is 5.02 Å². The summed E-state index contributed by atoms with van der Waals surface area (Å²) in [5.74, 6) is 1.32. The molecule has 1 unspecified atom stereocenters. The molecule has 0 spiro atoms. The van der Waals surface area contributed by atoms with Gasteiger partial charge in [0.15, 0.2) is 5.82 Å². The maximum absolute atomic E-state index is 6.09. The van der Waals surface area contributed by atoms with E-state index in [-0.39, 0.29) is 0 Å². The largest absolute Gasteiger partial charge is 0.339 e. The molecule has 1 heterocycles. The van der Waals surface area contributed by atoms with Gasteiger partial charge < -0.3 is 9.84 Å². The van der Waals surface area contributed by atoms with Crippen molar-refractivity contribution in [3.05, 3.63) is 46.6 Å². The predicted molar refractivity (Wildman–Crippen MR) is 70.8 cm³/mol. The Morgan fingerprint density at radius 3 is 2.89 bits per heavy atom. The number of nitrogens with one attached hydrogen (secondary N) is 1. The van der Waals surface area contributed by atoms with Crippen molar-refractivity contribution in [1.82, 2.24) is 15.5 Å². The van der Waals surface area contributed by atoms with Crippen molar-refractivity contribution in [3.8, 4) is 0 Å². The van der Waals surface area contributed by atoms with Gasteiger partial charge in [0, 0.05) is 17.5 Å². The molecule has 2 aromatic rings.